The van der Waals surface area contributed by atoms with E-state index in [1.165, 1.54) is 11.1 Å². The molecule has 6 nitrogen and oxygen atoms in total. The molecule has 0 saturated heterocycles. The fourth-order valence-corrected chi connectivity index (χ4v) is 2.43. The van der Waals surface area contributed by atoms with E-state index in [9.17, 15) is 9.59 Å². The van der Waals surface area contributed by atoms with Crippen LogP contribution in [0.5, 0.6) is 0 Å². The fraction of sp³-hybridized carbons (Fsp3) is 0.429. The number of carbonyl (C=O) groups is 2. The predicted octanol–water partition coefficient (Wildman–Crippen LogP) is 0.289. The highest BCUT2D eigenvalue weighted by Gasteiger charge is 2.24. The first-order valence-electron chi connectivity index (χ1n) is 6.57. The Hall–Kier alpha value is -2.08. The molecule has 2 rings (SSSR count). The number of hydrogen-bond acceptors (Lipinski definition) is 3. The smallest absolute Gasteiger partial charge is 0.326 e. The molecule has 0 unspecified atom stereocenters. The maximum atomic E-state index is 11.8. The zero-order valence-corrected chi connectivity index (χ0v) is 11.0. The molecule has 1 aromatic carbocycles. The van der Waals surface area contributed by atoms with Gasteiger partial charge in [0.1, 0.15) is 6.04 Å². The second-order valence-electron chi connectivity index (χ2n) is 4.89. The first kappa shape index (κ1) is 14.3. The lowest BCUT2D eigenvalue weighted by Gasteiger charge is -2.17. The van der Waals surface area contributed by atoms with E-state index in [4.69, 9.17) is 10.2 Å². The molecule has 0 radical (unpaired) electrons. The third-order valence-corrected chi connectivity index (χ3v) is 3.41. The standard InChI is InChI=1S/C14H18N2O4/c17-6-5-12(13(18)19)16-14(20)15-11-7-9-3-1-2-4-10(9)8-11/h1-4,11-12,17H,5-8H2,(H,18,19)(H2,15,16,20)/t12-/m1/s1. The zero-order valence-electron chi connectivity index (χ0n) is 11.0. The highest BCUT2D eigenvalue weighted by Crippen LogP contribution is 2.21. The summed E-state index contributed by atoms with van der Waals surface area (Å²) in [5.74, 6) is -1.15. The summed E-state index contributed by atoms with van der Waals surface area (Å²) in [5.41, 5.74) is 2.42. The zero-order chi connectivity index (χ0) is 14.5. The molecule has 1 atom stereocenters. The van der Waals surface area contributed by atoms with E-state index in [-0.39, 0.29) is 19.1 Å². The molecule has 108 valence electrons. The van der Waals surface area contributed by atoms with Gasteiger partial charge >= 0.3 is 12.0 Å². The maximum Gasteiger partial charge on any atom is 0.326 e. The van der Waals surface area contributed by atoms with E-state index in [1.807, 2.05) is 24.3 Å². The topological polar surface area (TPSA) is 98.7 Å². The molecule has 0 heterocycles. The Morgan fingerprint density at radius 3 is 2.35 bits per heavy atom. The molecule has 0 fully saturated rings. The van der Waals surface area contributed by atoms with Crippen LogP contribution in [0.25, 0.3) is 0 Å². The Bertz CT molecular complexity index is 479. The van der Waals surface area contributed by atoms with Gasteiger partial charge in [0.2, 0.25) is 0 Å². The Balaban J connectivity index is 1.86. The van der Waals surface area contributed by atoms with Gasteiger partial charge in [0.05, 0.1) is 0 Å². The number of aliphatic carboxylic acids is 1. The van der Waals surface area contributed by atoms with Crippen molar-refractivity contribution in [3.8, 4) is 0 Å². The van der Waals surface area contributed by atoms with Crippen LogP contribution in [0.4, 0.5) is 4.79 Å². The van der Waals surface area contributed by atoms with Gasteiger partial charge in [0.15, 0.2) is 0 Å². The maximum absolute atomic E-state index is 11.8. The van der Waals surface area contributed by atoms with Gasteiger partial charge in [-0.1, -0.05) is 24.3 Å². The van der Waals surface area contributed by atoms with Crippen molar-refractivity contribution in [2.75, 3.05) is 6.61 Å². The molecule has 0 spiro atoms. The number of benzene rings is 1. The van der Waals surface area contributed by atoms with E-state index >= 15 is 0 Å². The number of nitrogens with one attached hydrogen (secondary N) is 2. The molecule has 0 aromatic heterocycles. The summed E-state index contributed by atoms with van der Waals surface area (Å²) in [6.45, 7) is -0.286. The molecule has 0 aliphatic heterocycles. The minimum absolute atomic E-state index is 0.00630. The average molecular weight is 278 g/mol. The Morgan fingerprint density at radius 2 is 1.85 bits per heavy atom. The number of fused-ring (bicyclic) bond motifs is 1. The lowest BCUT2D eigenvalue weighted by atomic mass is 10.1. The van der Waals surface area contributed by atoms with Gasteiger partial charge in [0, 0.05) is 19.1 Å². The van der Waals surface area contributed by atoms with E-state index in [0.717, 1.165) is 12.8 Å². The lowest BCUT2D eigenvalue weighted by Crippen LogP contribution is -2.49. The molecule has 1 aromatic rings. The van der Waals surface area contributed by atoms with Crippen molar-refractivity contribution in [1.29, 1.82) is 0 Å². The SMILES string of the molecule is O=C(NC1Cc2ccccc2C1)N[C@H](CCO)C(=O)O. The van der Waals surface area contributed by atoms with Gasteiger partial charge in [-0.25, -0.2) is 9.59 Å². The summed E-state index contributed by atoms with van der Waals surface area (Å²) in [4.78, 5) is 22.7. The van der Waals surface area contributed by atoms with Crippen LogP contribution < -0.4 is 10.6 Å². The first-order valence-corrected chi connectivity index (χ1v) is 6.57. The number of carbonyl (C=O) groups excluding carboxylic acids is 1. The number of rotatable bonds is 5. The number of carboxylic acids is 1. The molecular weight excluding hydrogens is 260 g/mol. The van der Waals surface area contributed by atoms with E-state index in [2.05, 4.69) is 10.6 Å². The van der Waals surface area contributed by atoms with Crippen LogP contribution in [0.15, 0.2) is 24.3 Å². The third-order valence-electron chi connectivity index (χ3n) is 3.41. The highest BCUT2D eigenvalue weighted by molar-refractivity contribution is 5.82. The first-order chi connectivity index (χ1) is 9.60. The van der Waals surface area contributed by atoms with Crippen LogP contribution in [-0.2, 0) is 17.6 Å². The number of amides is 2. The predicted molar refractivity (Wildman–Crippen MR) is 72.4 cm³/mol. The second kappa shape index (κ2) is 6.38. The van der Waals surface area contributed by atoms with Crippen LogP contribution in [-0.4, -0.2) is 40.9 Å². The summed E-state index contributed by atoms with van der Waals surface area (Å²) >= 11 is 0. The lowest BCUT2D eigenvalue weighted by molar-refractivity contribution is -0.139. The largest absolute Gasteiger partial charge is 0.480 e. The molecule has 6 heteroatoms. The van der Waals surface area contributed by atoms with Crippen molar-refractivity contribution >= 4 is 12.0 Å². The molecule has 4 N–H and O–H groups in total. The number of carboxylic acid groups (broad SMARTS) is 1. The molecule has 0 saturated carbocycles. The van der Waals surface area contributed by atoms with Crippen LogP contribution in [0.1, 0.15) is 17.5 Å². The van der Waals surface area contributed by atoms with Gasteiger partial charge in [-0.2, -0.15) is 0 Å². The van der Waals surface area contributed by atoms with E-state index in [0.29, 0.717) is 0 Å². The molecule has 1 aliphatic carbocycles. The van der Waals surface area contributed by atoms with Crippen molar-refractivity contribution in [3.05, 3.63) is 35.4 Å². The molecular formula is C14H18N2O4. The Kier molecular flexibility index (Phi) is 4.57. The fourth-order valence-electron chi connectivity index (χ4n) is 2.43. The Morgan fingerprint density at radius 1 is 1.25 bits per heavy atom. The van der Waals surface area contributed by atoms with Crippen molar-refractivity contribution in [1.82, 2.24) is 10.6 Å². The van der Waals surface area contributed by atoms with Crippen LogP contribution in [0, 0.1) is 0 Å². The summed E-state index contributed by atoms with van der Waals surface area (Å²) in [5, 5.41) is 22.8. The van der Waals surface area contributed by atoms with Gasteiger partial charge in [-0.15, -0.1) is 0 Å². The van der Waals surface area contributed by atoms with Crippen molar-refractivity contribution in [2.45, 2.75) is 31.3 Å². The van der Waals surface area contributed by atoms with Crippen LogP contribution >= 0.6 is 0 Å². The minimum Gasteiger partial charge on any atom is -0.480 e. The van der Waals surface area contributed by atoms with Gasteiger partial charge < -0.3 is 20.8 Å². The summed E-state index contributed by atoms with van der Waals surface area (Å²) in [6.07, 6.45) is 1.50. The summed E-state index contributed by atoms with van der Waals surface area (Å²) in [6, 6.07) is 6.39. The number of aliphatic hydroxyl groups is 1. The van der Waals surface area contributed by atoms with E-state index in [1.54, 1.807) is 0 Å². The van der Waals surface area contributed by atoms with Crippen molar-refractivity contribution in [3.63, 3.8) is 0 Å². The summed E-state index contributed by atoms with van der Waals surface area (Å²) in [7, 11) is 0. The number of aliphatic hydroxyl groups excluding tert-OH is 1. The molecule has 0 bridgehead atoms. The van der Waals surface area contributed by atoms with Gasteiger partial charge in [-0.05, 0) is 24.0 Å². The highest BCUT2D eigenvalue weighted by atomic mass is 16.4. The molecule has 2 amide bonds. The Labute approximate surface area is 116 Å². The van der Waals surface area contributed by atoms with Gasteiger partial charge in [0.25, 0.3) is 0 Å². The van der Waals surface area contributed by atoms with Crippen molar-refractivity contribution < 1.29 is 19.8 Å². The number of hydrogen-bond donors (Lipinski definition) is 4. The molecule has 1 aliphatic rings. The normalized spacial score (nSPS) is 15.4. The van der Waals surface area contributed by atoms with E-state index < -0.39 is 18.0 Å². The third kappa shape index (κ3) is 3.48. The van der Waals surface area contributed by atoms with Crippen molar-refractivity contribution in [2.24, 2.45) is 0 Å². The van der Waals surface area contributed by atoms with Crippen LogP contribution in [0.2, 0.25) is 0 Å². The average Bonchev–Trinajstić information content (AvgIpc) is 2.79. The second-order valence-corrected chi connectivity index (χ2v) is 4.89. The number of urea groups is 1. The molecule has 20 heavy (non-hydrogen) atoms. The monoisotopic (exact) mass is 278 g/mol. The quantitative estimate of drug-likeness (QED) is 0.622. The summed E-state index contributed by atoms with van der Waals surface area (Å²) < 4.78 is 0. The van der Waals surface area contributed by atoms with Gasteiger partial charge in [-0.3, -0.25) is 0 Å². The minimum atomic E-state index is -1.15. The van der Waals surface area contributed by atoms with Crippen LogP contribution in [0.3, 0.4) is 0 Å².